The molecule has 3 rings (SSSR count). The molecule has 1 saturated heterocycles. The summed E-state index contributed by atoms with van der Waals surface area (Å²) < 4.78 is 5.46. The number of amides is 2. The lowest BCUT2D eigenvalue weighted by molar-refractivity contribution is -0.129. The summed E-state index contributed by atoms with van der Waals surface area (Å²) in [4.78, 5) is 25.1. The van der Waals surface area contributed by atoms with Crippen LogP contribution in [0.25, 0.3) is 0 Å². The highest BCUT2D eigenvalue weighted by Gasteiger charge is 2.26. The van der Waals surface area contributed by atoms with Gasteiger partial charge in [0.15, 0.2) is 0 Å². The minimum atomic E-state index is -1.02. The van der Waals surface area contributed by atoms with E-state index in [0.29, 0.717) is 28.7 Å². The Morgan fingerprint density at radius 3 is 2.43 bits per heavy atom. The van der Waals surface area contributed by atoms with Gasteiger partial charge in [-0.2, -0.15) is 0 Å². The van der Waals surface area contributed by atoms with E-state index in [1.165, 1.54) is 0 Å². The van der Waals surface area contributed by atoms with Gasteiger partial charge in [-0.25, -0.2) is 4.79 Å². The van der Waals surface area contributed by atoms with Gasteiger partial charge >= 0.3 is 6.09 Å². The van der Waals surface area contributed by atoms with E-state index in [1.807, 2.05) is 18.2 Å². The second-order valence-corrected chi connectivity index (χ2v) is 7.20. The van der Waals surface area contributed by atoms with Crippen molar-refractivity contribution < 1.29 is 14.3 Å². The van der Waals surface area contributed by atoms with Crippen molar-refractivity contribution in [3.63, 3.8) is 0 Å². The largest absolute Gasteiger partial charge is 0.431 e. The number of hydrogen-bond donors (Lipinski definition) is 3. The lowest BCUT2D eigenvalue weighted by Crippen LogP contribution is -2.39. The number of anilines is 1. The smallest absolute Gasteiger partial charge is 0.412 e. The molecule has 2 aromatic carbocycles. The molecule has 7 heteroatoms. The lowest BCUT2D eigenvalue weighted by atomic mass is 9.98. The van der Waals surface area contributed by atoms with Crippen molar-refractivity contribution in [2.75, 3.05) is 25.0 Å². The van der Waals surface area contributed by atoms with Crippen LogP contribution < -0.4 is 16.0 Å². The molecule has 1 fully saturated rings. The first-order chi connectivity index (χ1) is 13.6. The Morgan fingerprint density at radius 1 is 1.07 bits per heavy atom. The molecule has 1 atom stereocenters. The molecule has 1 heterocycles. The van der Waals surface area contributed by atoms with Crippen LogP contribution in [0, 0.1) is 5.92 Å². The number of piperidine rings is 1. The quantitative estimate of drug-likeness (QED) is 0.688. The van der Waals surface area contributed by atoms with Crippen molar-refractivity contribution in [1.82, 2.24) is 10.6 Å². The van der Waals surface area contributed by atoms with Crippen LogP contribution >= 0.6 is 11.6 Å². The molecule has 0 aromatic heterocycles. The van der Waals surface area contributed by atoms with Crippen LogP contribution in [0.3, 0.4) is 0 Å². The zero-order chi connectivity index (χ0) is 19.8. The molecule has 2 aromatic rings. The van der Waals surface area contributed by atoms with Crippen molar-refractivity contribution in [2.45, 2.75) is 18.9 Å². The first-order valence-electron chi connectivity index (χ1n) is 9.38. The summed E-state index contributed by atoms with van der Waals surface area (Å²) in [5, 5.41) is 9.43. The van der Waals surface area contributed by atoms with Crippen molar-refractivity contribution in [1.29, 1.82) is 0 Å². The summed E-state index contributed by atoms with van der Waals surface area (Å²) in [7, 11) is 0. The van der Waals surface area contributed by atoms with Gasteiger partial charge in [0.1, 0.15) is 0 Å². The average molecular weight is 402 g/mol. The van der Waals surface area contributed by atoms with Gasteiger partial charge in [-0.15, -0.1) is 0 Å². The molecule has 0 unspecified atom stereocenters. The van der Waals surface area contributed by atoms with Crippen molar-refractivity contribution in [3.8, 4) is 0 Å². The number of hydrogen-bond acceptors (Lipinski definition) is 4. The van der Waals surface area contributed by atoms with E-state index < -0.39 is 12.2 Å². The van der Waals surface area contributed by atoms with E-state index in [0.717, 1.165) is 25.9 Å². The minimum absolute atomic E-state index is 0.323. The van der Waals surface area contributed by atoms with Crippen LogP contribution in [0.2, 0.25) is 5.02 Å². The molecule has 28 heavy (non-hydrogen) atoms. The van der Waals surface area contributed by atoms with Gasteiger partial charge < -0.3 is 15.4 Å². The lowest BCUT2D eigenvalue weighted by Gasteiger charge is -2.24. The maximum absolute atomic E-state index is 12.8. The zero-order valence-electron chi connectivity index (χ0n) is 15.5. The number of halogens is 1. The monoisotopic (exact) mass is 401 g/mol. The summed E-state index contributed by atoms with van der Waals surface area (Å²) in [6.45, 7) is 2.50. The molecule has 0 aliphatic carbocycles. The fraction of sp³-hybridized carbons (Fsp3) is 0.333. The normalized spacial score (nSPS) is 15.5. The van der Waals surface area contributed by atoms with Crippen LogP contribution in [0.1, 0.15) is 24.5 Å². The van der Waals surface area contributed by atoms with Gasteiger partial charge in [-0.3, -0.25) is 10.1 Å². The molecule has 1 aliphatic heterocycles. The fourth-order valence-corrected chi connectivity index (χ4v) is 3.24. The summed E-state index contributed by atoms with van der Waals surface area (Å²) >= 11 is 5.85. The van der Waals surface area contributed by atoms with Crippen molar-refractivity contribution >= 4 is 29.3 Å². The second-order valence-electron chi connectivity index (χ2n) is 6.77. The van der Waals surface area contributed by atoms with E-state index in [4.69, 9.17) is 16.3 Å². The number of rotatable bonds is 6. The Balaban J connectivity index is 1.63. The fourth-order valence-electron chi connectivity index (χ4n) is 3.11. The number of carbonyl (C=O) groups is 2. The van der Waals surface area contributed by atoms with Gasteiger partial charge in [0.2, 0.25) is 6.10 Å². The Labute approximate surface area is 169 Å². The summed E-state index contributed by atoms with van der Waals surface area (Å²) in [5.74, 6) is 0.112. The van der Waals surface area contributed by atoms with E-state index in [2.05, 4.69) is 16.0 Å². The first kappa shape index (κ1) is 20.2. The standard InChI is InChI=1S/C21H24ClN3O3/c22-17-6-8-18(9-7-17)25-21(27)28-19(16-4-2-1-3-5-16)20(26)24-14-15-10-12-23-13-11-15/h1-9,15,19,23H,10-14H2,(H,24,26)(H,25,27)/t19-/m1/s1. The molecule has 0 spiro atoms. The number of nitrogens with one attached hydrogen (secondary N) is 3. The third-order valence-electron chi connectivity index (χ3n) is 4.68. The predicted octanol–water partition coefficient (Wildman–Crippen LogP) is 3.75. The molecular formula is C21H24ClN3O3. The highest BCUT2D eigenvalue weighted by Crippen LogP contribution is 2.20. The van der Waals surface area contributed by atoms with Gasteiger partial charge in [-0.05, 0) is 56.1 Å². The maximum Gasteiger partial charge on any atom is 0.412 e. The summed E-state index contributed by atoms with van der Waals surface area (Å²) in [6.07, 6.45) is 0.325. The van der Waals surface area contributed by atoms with Gasteiger partial charge in [0, 0.05) is 22.8 Å². The average Bonchev–Trinajstić information content (AvgIpc) is 2.73. The van der Waals surface area contributed by atoms with Crippen LogP contribution in [-0.4, -0.2) is 31.6 Å². The molecule has 0 radical (unpaired) electrons. The molecule has 6 nitrogen and oxygen atoms in total. The molecule has 0 saturated carbocycles. The Morgan fingerprint density at radius 2 is 1.75 bits per heavy atom. The third kappa shape index (κ3) is 5.97. The predicted molar refractivity (Wildman–Crippen MR) is 109 cm³/mol. The number of benzene rings is 2. The van der Waals surface area contributed by atoms with E-state index in [9.17, 15) is 9.59 Å². The van der Waals surface area contributed by atoms with E-state index in [-0.39, 0.29) is 5.91 Å². The molecule has 1 aliphatic rings. The molecule has 0 bridgehead atoms. The van der Waals surface area contributed by atoms with Crippen molar-refractivity contribution in [2.24, 2.45) is 5.92 Å². The molecule has 3 N–H and O–H groups in total. The second kappa shape index (κ2) is 10.1. The topological polar surface area (TPSA) is 79.5 Å². The summed E-state index contributed by atoms with van der Waals surface area (Å²) in [6, 6.07) is 15.7. The van der Waals surface area contributed by atoms with Gasteiger partial charge in [0.05, 0.1) is 0 Å². The van der Waals surface area contributed by atoms with Crippen molar-refractivity contribution in [3.05, 3.63) is 65.2 Å². The highest BCUT2D eigenvalue weighted by atomic mass is 35.5. The molecule has 2 amide bonds. The first-order valence-corrected chi connectivity index (χ1v) is 9.76. The maximum atomic E-state index is 12.8. The zero-order valence-corrected chi connectivity index (χ0v) is 16.2. The molecule has 148 valence electrons. The van der Waals surface area contributed by atoms with Crippen LogP contribution in [-0.2, 0) is 9.53 Å². The van der Waals surface area contributed by atoms with Crippen LogP contribution in [0.15, 0.2) is 54.6 Å². The molecular weight excluding hydrogens is 378 g/mol. The highest BCUT2D eigenvalue weighted by molar-refractivity contribution is 6.30. The minimum Gasteiger partial charge on any atom is -0.431 e. The SMILES string of the molecule is O=C(Nc1ccc(Cl)cc1)O[C@@H](C(=O)NCC1CCNCC1)c1ccccc1. The Bertz CT molecular complexity index is 777. The Hall–Kier alpha value is -2.57. The van der Waals surface area contributed by atoms with E-state index >= 15 is 0 Å². The van der Waals surface area contributed by atoms with E-state index in [1.54, 1.807) is 36.4 Å². The van der Waals surface area contributed by atoms with Crippen LogP contribution in [0.4, 0.5) is 10.5 Å². The summed E-state index contributed by atoms with van der Waals surface area (Å²) in [5.41, 5.74) is 1.16. The Kier molecular flexibility index (Phi) is 7.28. The number of carbonyl (C=O) groups excluding carboxylic acids is 2. The van der Waals surface area contributed by atoms with Crippen LogP contribution in [0.5, 0.6) is 0 Å². The third-order valence-corrected chi connectivity index (χ3v) is 4.93. The van der Waals surface area contributed by atoms with Gasteiger partial charge in [-0.1, -0.05) is 41.9 Å². The number of ether oxygens (including phenoxy) is 1. The van der Waals surface area contributed by atoms with Gasteiger partial charge in [0.25, 0.3) is 5.91 Å².